The first kappa shape index (κ1) is 18.9. The lowest BCUT2D eigenvalue weighted by atomic mass is 9.87. The number of aromatic amines is 1. The number of hydrogen-bond acceptors (Lipinski definition) is 4. The van der Waals surface area contributed by atoms with Gasteiger partial charge < -0.3 is 9.16 Å². The van der Waals surface area contributed by atoms with E-state index in [1.807, 2.05) is 0 Å². The molecule has 7 heteroatoms. The summed E-state index contributed by atoms with van der Waals surface area (Å²) in [4.78, 5) is 25.2. The minimum absolute atomic E-state index is 0.0615. The van der Waals surface area contributed by atoms with Crippen LogP contribution in [0.15, 0.2) is 15.8 Å². The molecule has 1 aromatic rings. The Labute approximate surface area is 133 Å². The molecular weight excluding hydrogens is 300 g/mol. The van der Waals surface area contributed by atoms with Crippen LogP contribution in [0.2, 0.25) is 13.1 Å². The smallest absolute Gasteiger partial charge is 0.330 e. The fourth-order valence-electron chi connectivity index (χ4n) is 2.10. The maximum Gasteiger partial charge on any atom is 0.330 e. The zero-order valence-corrected chi connectivity index (χ0v) is 15.6. The van der Waals surface area contributed by atoms with Crippen molar-refractivity contribution in [3.05, 3.63) is 32.6 Å². The number of nitrogens with zero attached hydrogens (tertiary/aromatic N) is 1. The van der Waals surface area contributed by atoms with Gasteiger partial charge in [0.25, 0.3) is 5.56 Å². The number of H-pyrrole nitrogens is 1. The van der Waals surface area contributed by atoms with Crippen LogP contribution >= 0.6 is 0 Å². The molecule has 126 valence electrons. The number of aryl methyl sites for hydroxylation is 1. The third-order valence-electron chi connectivity index (χ3n) is 3.35. The zero-order valence-electron chi connectivity index (χ0n) is 14.4. The van der Waals surface area contributed by atoms with Crippen LogP contribution in [0.4, 0.5) is 0 Å². The molecule has 1 atom stereocenters. The quantitative estimate of drug-likeness (QED) is 0.610. The van der Waals surface area contributed by atoms with Crippen LogP contribution in [0.5, 0.6) is 0 Å². The van der Waals surface area contributed by atoms with Crippen LogP contribution in [0.25, 0.3) is 0 Å². The summed E-state index contributed by atoms with van der Waals surface area (Å²) in [5.74, 6) is 0. The van der Waals surface area contributed by atoms with E-state index in [1.54, 1.807) is 6.92 Å². The Bertz CT molecular complexity index is 586. The van der Waals surface area contributed by atoms with Crippen molar-refractivity contribution < 1.29 is 9.16 Å². The van der Waals surface area contributed by atoms with Crippen molar-refractivity contribution in [1.82, 2.24) is 9.55 Å². The molecule has 22 heavy (non-hydrogen) atoms. The molecular formula is C15H28N2O4Si. The molecule has 0 radical (unpaired) electrons. The van der Waals surface area contributed by atoms with Crippen LogP contribution in [0.1, 0.15) is 32.8 Å². The van der Waals surface area contributed by atoms with Crippen LogP contribution in [0.3, 0.4) is 0 Å². The molecule has 1 heterocycles. The van der Waals surface area contributed by atoms with Crippen molar-refractivity contribution in [3.63, 3.8) is 0 Å². The fourth-order valence-corrected chi connectivity index (χ4v) is 3.30. The summed E-state index contributed by atoms with van der Waals surface area (Å²) in [6.45, 7) is 13.1. The molecule has 1 aromatic heterocycles. The van der Waals surface area contributed by atoms with Gasteiger partial charge in [-0.15, -0.1) is 0 Å². The molecule has 0 aliphatic rings. The van der Waals surface area contributed by atoms with Gasteiger partial charge in [0, 0.05) is 11.8 Å². The molecule has 0 spiro atoms. The Morgan fingerprint density at radius 3 is 2.50 bits per heavy atom. The van der Waals surface area contributed by atoms with Gasteiger partial charge in [0.1, 0.15) is 6.73 Å². The lowest BCUT2D eigenvalue weighted by Gasteiger charge is -2.32. The highest BCUT2D eigenvalue weighted by Gasteiger charge is 2.25. The predicted octanol–water partition coefficient (Wildman–Crippen LogP) is 1.62. The minimum Gasteiger partial charge on any atom is -0.417 e. The average molecular weight is 328 g/mol. The van der Waals surface area contributed by atoms with E-state index in [0.717, 1.165) is 6.42 Å². The molecule has 0 bridgehead atoms. The van der Waals surface area contributed by atoms with E-state index in [1.165, 1.54) is 10.8 Å². The second-order valence-corrected chi connectivity index (χ2v) is 9.28. The summed E-state index contributed by atoms with van der Waals surface area (Å²) >= 11 is 0. The van der Waals surface area contributed by atoms with E-state index in [0.29, 0.717) is 12.2 Å². The molecule has 0 aliphatic heterocycles. The molecule has 0 fully saturated rings. The molecule has 6 nitrogen and oxygen atoms in total. The lowest BCUT2D eigenvalue weighted by Crippen LogP contribution is -2.35. The highest BCUT2D eigenvalue weighted by molar-refractivity contribution is 6.48. The summed E-state index contributed by atoms with van der Waals surface area (Å²) < 4.78 is 13.0. The first-order valence-electron chi connectivity index (χ1n) is 7.65. The zero-order chi connectivity index (χ0) is 16.9. The number of rotatable bonds is 7. The Morgan fingerprint density at radius 2 is 1.95 bits per heavy atom. The first-order chi connectivity index (χ1) is 10.1. The summed E-state index contributed by atoms with van der Waals surface area (Å²) in [7, 11) is -1.11. The summed E-state index contributed by atoms with van der Waals surface area (Å²) in [6, 6.07) is 0. The Kier molecular flexibility index (Phi) is 6.77. The van der Waals surface area contributed by atoms with Crippen molar-refractivity contribution in [2.45, 2.75) is 60.0 Å². The summed E-state index contributed by atoms with van der Waals surface area (Å²) in [6.07, 6.45) is 2.44. The Morgan fingerprint density at radius 1 is 1.32 bits per heavy atom. The number of hydrogen-bond donors (Lipinski definition) is 1. The SMILES string of the molecule is Cc1cn(COCCC(O[SiH](C)C)C(C)(C)C)c(=O)[nH]c1=O. The van der Waals surface area contributed by atoms with Gasteiger partial charge in [-0.3, -0.25) is 14.3 Å². The van der Waals surface area contributed by atoms with Gasteiger partial charge in [0.15, 0.2) is 9.04 Å². The molecule has 0 aromatic carbocycles. The Hall–Kier alpha value is -1.18. The van der Waals surface area contributed by atoms with Gasteiger partial charge >= 0.3 is 5.69 Å². The molecule has 0 saturated heterocycles. The average Bonchev–Trinajstić information content (AvgIpc) is 2.37. The third-order valence-corrected chi connectivity index (χ3v) is 4.22. The van der Waals surface area contributed by atoms with E-state index >= 15 is 0 Å². The van der Waals surface area contributed by atoms with Crippen molar-refractivity contribution in [2.24, 2.45) is 5.41 Å². The number of nitrogens with one attached hydrogen (secondary N) is 1. The molecule has 1 rings (SSSR count). The van der Waals surface area contributed by atoms with Crippen molar-refractivity contribution >= 4 is 9.04 Å². The summed E-state index contributed by atoms with van der Waals surface area (Å²) in [5.41, 5.74) is -0.255. The lowest BCUT2D eigenvalue weighted by molar-refractivity contribution is 0.0169. The largest absolute Gasteiger partial charge is 0.417 e. The maximum atomic E-state index is 11.6. The van der Waals surface area contributed by atoms with Gasteiger partial charge in [-0.05, 0) is 31.9 Å². The van der Waals surface area contributed by atoms with E-state index < -0.39 is 14.7 Å². The molecule has 1 unspecified atom stereocenters. The van der Waals surface area contributed by atoms with Crippen molar-refractivity contribution in [3.8, 4) is 0 Å². The Balaban J connectivity index is 2.55. The van der Waals surface area contributed by atoms with Crippen molar-refractivity contribution in [1.29, 1.82) is 0 Å². The van der Waals surface area contributed by atoms with Crippen LogP contribution in [0, 0.1) is 12.3 Å². The van der Waals surface area contributed by atoms with Crippen molar-refractivity contribution in [2.75, 3.05) is 6.61 Å². The van der Waals surface area contributed by atoms with E-state index in [9.17, 15) is 9.59 Å². The molecule has 0 amide bonds. The minimum atomic E-state index is -1.11. The first-order valence-corrected chi connectivity index (χ1v) is 10.4. The highest BCUT2D eigenvalue weighted by atomic mass is 28.3. The monoisotopic (exact) mass is 328 g/mol. The van der Waals surface area contributed by atoms with Gasteiger partial charge in [-0.1, -0.05) is 20.8 Å². The van der Waals surface area contributed by atoms with E-state index in [4.69, 9.17) is 9.16 Å². The topological polar surface area (TPSA) is 73.3 Å². The summed E-state index contributed by atoms with van der Waals surface area (Å²) in [5, 5.41) is 0. The second-order valence-electron chi connectivity index (χ2n) is 6.91. The van der Waals surface area contributed by atoms with Gasteiger partial charge in [0.2, 0.25) is 0 Å². The second kappa shape index (κ2) is 7.89. The van der Waals surface area contributed by atoms with Crippen LogP contribution < -0.4 is 11.2 Å². The maximum absolute atomic E-state index is 11.6. The number of aromatic nitrogens is 2. The highest BCUT2D eigenvalue weighted by Crippen LogP contribution is 2.25. The molecule has 1 N–H and O–H groups in total. The number of ether oxygens (including phenoxy) is 1. The molecule has 0 aliphatic carbocycles. The van der Waals surface area contributed by atoms with Crippen LogP contribution in [-0.4, -0.2) is 31.3 Å². The third kappa shape index (κ3) is 5.90. The van der Waals surface area contributed by atoms with Gasteiger partial charge in [0.05, 0.1) is 12.7 Å². The molecule has 0 saturated carbocycles. The normalized spacial score (nSPS) is 13.6. The fraction of sp³-hybridized carbons (Fsp3) is 0.733. The van der Waals surface area contributed by atoms with E-state index in [-0.39, 0.29) is 23.8 Å². The van der Waals surface area contributed by atoms with Gasteiger partial charge in [-0.25, -0.2) is 4.79 Å². The predicted molar refractivity (Wildman–Crippen MR) is 89.8 cm³/mol. The van der Waals surface area contributed by atoms with Crippen LogP contribution in [-0.2, 0) is 15.9 Å². The van der Waals surface area contributed by atoms with Gasteiger partial charge in [-0.2, -0.15) is 0 Å². The van der Waals surface area contributed by atoms with E-state index in [2.05, 4.69) is 38.8 Å². The standard InChI is InChI=1S/C15H28N2O4Si/c1-11-9-17(14(19)16-13(11)18)10-20-8-7-12(15(2,3)4)21-22(5)6/h9,12,22H,7-8,10H2,1-6H3,(H,16,18,19).